The number of hydrogen-bond acceptors (Lipinski definition) is 1. The highest BCUT2D eigenvalue weighted by molar-refractivity contribution is 5.39. The molecular formula is C12H14O. The van der Waals surface area contributed by atoms with E-state index in [2.05, 4.69) is 5.92 Å². The molecule has 0 radical (unpaired) electrons. The maximum atomic E-state index is 5.36. The van der Waals surface area contributed by atoms with Crippen molar-refractivity contribution < 1.29 is 4.74 Å². The molecule has 68 valence electrons. The molecule has 13 heavy (non-hydrogen) atoms. The Bertz CT molecular complexity index is 333. The van der Waals surface area contributed by atoms with E-state index in [-0.39, 0.29) is 5.92 Å². The molecule has 0 aromatic heterocycles. The zero-order valence-electron chi connectivity index (χ0n) is 8.29. The van der Waals surface area contributed by atoms with Crippen molar-refractivity contribution in [3.8, 4) is 18.1 Å². The lowest BCUT2D eigenvalue weighted by Crippen LogP contribution is -1.94. The highest BCUT2D eigenvalue weighted by Gasteiger charge is 2.05. The third-order valence-corrected chi connectivity index (χ3v) is 2.19. The predicted molar refractivity (Wildman–Crippen MR) is 55.0 cm³/mol. The van der Waals surface area contributed by atoms with Crippen LogP contribution in [0.25, 0.3) is 0 Å². The normalized spacial score (nSPS) is 11.8. The molecule has 0 amide bonds. The highest BCUT2D eigenvalue weighted by Crippen LogP contribution is 2.22. The molecule has 0 N–H and O–H groups in total. The van der Waals surface area contributed by atoms with Gasteiger partial charge < -0.3 is 4.74 Å². The summed E-state index contributed by atoms with van der Waals surface area (Å²) < 4.78 is 5.11. The summed E-state index contributed by atoms with van der Waals surface area (Å²) in [6, 6.07) is 5.97. The van der Waals surface area contributed by atoms with E-state index in [9.17, 15) is 0 Å². The number of rotatable bonds is 2. The van der Waals surface area contributed by atoms with Crippen molar-refractivity contribution in [2.24, 2.45) is 0 Å². The monoisotopic (exact) mass is 174 g/mol. The first-order valence-electron chi connectivity index (χ1n) is 4.29. The molecule has 0 aliphatic rings. The van der Waals surface area contributed by atoms with Crippen LogP contribution in [0.1, 0.15) is 24.0 Å². The van der Waals surface area contributed by atoms with E-state index >= 15 is 0 Å². The second-order valence-electron chi connectivity index (χ2n) is 3.11. The Labute approximate surface area is 79.7 Å². The summed E-state index contributed by atoms with van der Waals surface area (Å²) in [5.74, 6) is 3.77. The minimum atomic E-state index is 0.172. The maximum Gasteiger partial charge on any atom is 0.119 e. The van der Waals surface area contributed by atoms with E-state index < -0.39 is 0 Å². The van der Waals surface area contributed by atoms with Gasteiger partial charge in [-0.2, -0.15) is 0 Å². The Balaban J connectivity index is 3.06. The number of benzene rings is 1. The van der Waals surface area contributed by atoms with Crippen LogP contribution in [0.4, 0.5) is 0 Å². The number of ether oxygens (including phenoxy) is 1. The second kappa shape index (κ2) is 4.00. The minimum absolute atomic E-state index is 0.172. The summed E-state index contributed by atoms with van der Waals surface area (Å²) in [6.45, 7) is 4.07. The molecular weight excluding hydrogens is 160 g/mol. The molecule has 0 aliphatic carbocycles. The van der Waals surface area contributed by atoms with Gasteiger partial charge in [-0.1, -0.05) is 12.0 Å². The van der Waals surface area contributed by atoms with E-state index in [0.717, 1.165) is 5.75 Å². The van der Waals surface area contributed by atoms with Crippen LogP contribution in [-0.4, -0.2) is 7.11 Å². The standard InChI is InChI=1S/C12H14O/c1-5-9(2)12-7-6-11(13-4)8-10(12)3/h1,6-9H,2-4H3. The van der Waals surface area contributed by atoms with E-state index in [1.807, 2.05) is 32.0 Å². The summed E-state index contributed by atoms with van der Waals surface area (Å²) in [6.07, 6.45) is 5.36. The van der Waals surface area contributed by atoms with Crippen molar-refractivity contribution >= 4 is 0 Å². The minimum Gasteiger partial charge on any atom is -0.497 e. The molecule has 0 spiro atoms. The highest BCUT2D eigenvalue weighted by atomic mass is 16.5. The molecule has 0 saturated carbocycles. The van der Waals surface area contributed by atoms with Gasteiger partial charge >= 0.3 is 0 Å². The molecule has 0 bridgehead atoms. The fourth-order valence-corrected chi connectivity index (χ4v) is 1.35. The summed E-state index contributed by atoms with van der Waals surface area (Å²) in [5, 5.41) is 0. The van der Waals surface area contributed by atoms with Crippen LogP contribution < -0.4 is 4.74 Å². The summed E-state index contributed by atoms with van der Waals surface area (Å²) in [7, 11) is 1.67. The molecule has 1 unspecified atom stereocenters. The molecule has 1 atom stereocenters. The van der Waals surface area contributed by atoms with Gasteiger partial charge in [0.1, 0.15) is 5.75 Å². The lowest BCUT2D eigenvalue weighted by molar-refractivity contribution is 0.414. The molecule has 1 nitrogen and oxygen atoms in total. The van der Waals surface area contributed by atoms with Crippen LogP contribution in [0.3, 0.4) is 0 Å². The molecule has 1 aromatic carbocycles. The fourth-order valence-electron chi connectivity index (χ4n) is 1.35. The van der Waals surface area contributed by atoms with E-state index in [4.69, 9.17) is 11.2 Å². The lowest BCUT2D eigenvalue weighted by Gasteiger charge is -2.09. The Kier molecular flexibility index (Phi) is 2.97. The molecule has 1 aromatic rings. The van der Waals surface area contributed by atoms with Crippen molar-refractivity contribution in [2.75, 3.05) is 7.11 Å². The van der Waals surface area contributed by atoms with Gasteiger partial charge in [-0.05, 0) is 37.1 Å². The summed E-state index contributed by atoms with van der Waals surface area (Å²) in [4.78, 5) is 0. The Morgan fingerprint density at radius 2 is 2.15 bits per heavy atom. The van der Waals surface area contributed by atoms with Crippen molar-refractivity contribution in [2.45, 2.75) is 19.8 Å². The van der Waals surface area contributed by atoms with Crippen LogP contribution in [-0.2, 0) is 0 Å². The average Bonchev–Trinajstić information content (AvgIpc) is 2.16. The smallest absolute Gasteiger partial charge is 0.119 e. The molecule has 0 heterocycles. The van der Waals surface area contributed by atoms with Crippen LogP contribution in [0.5, 0.6) is 5.75 Å². The zero-order valence-corrected chi connectivity index (χ0v) is 8.29. The third kappa shape index (κ3) is 2.03. The Hall–Kier alpha value is -1.42. The number of aryl methyl sites for hydroxylation is 1. The van der Waals surface area contributed by atoms with Gasteiger partial charge in [0.05, 0.1) is 7.11 Å². The van der Waals surface area contributed by atoms with Gasteiger partial charge in [0, 0.05) is 5.92 Å². The molecule has 0 saturated heterocycles. The van der Waals surface area contributed by atoms with Gasteiger partial charge in [-0.15, -0.1) is 6.42 Å². The number of methoxy groups -OCH3 is 1. The van der Waals surface area contributed by atoms with Crippen molar-refractivity contribution in [3.63, 3.8) is 0 Å². The molecule has 0 aliphatic heterocycles. The van der Waals surface area contributed by atoms with Crippen molar-refractivity contribution in [3.05, 3.63) is 29.3 Å². The van der Waals surface area contributed by atoms with Gasteiger partial charge in [0.2, 0.25) is 0 Å². The Morgan fingerprint density at radius 3 is 2.62 bits per heavy atom. The average molecular weight is 174 g/mol. The summed E-state index contributed by atoms with van der Waals surface area (Å²) in [5.41, 5.74) is 2.38. The first-order valence-corrected chi connectivity index (χ1v) is 4.29. The largest absolute Gasteiger partial charge is 0.497 e. The number of terminal acetylenes is 1. The van der Waals surface area contributed by atoms with E-state index in [1.165, 1.54) is 11.1 Å². The van der Waals surface area contributed by atoms with E-state index in [0.29, 0.717) is 0 Å². The molecule has 0 fully saturated rings. The van der Waals surface area contributed by atoms with Crippen LogP contribution in [0.15, 0.2) is 18.2 Å². The fraction of sp³-hybridized carbons (Fsp3) is 0.333. The van der Waals surface area contributed by atoms with Crippen LogP contribution >= 0.6 is 0 Å². The predicted octanol–water partition coefficient (Wildman–Crippen LogP) is 2.74. The quantitative estimate of drug-likeness (QED) is 0.626. The number of hydrogen-bond donors (Lipinski definition) is 0. The maximum absolute atomic E-state index is 5.36. The molecule has 1 rings (SSSR count). The lowest BCUT2D eigenvalue weighted by atomic mass is 9.97. The van der Waals surface area contributed by atoms with Crippen LogP contribution in [0, 0.1) is 19.3 Å². The second-order valence-corrected chi connectivity index (χ2v) is 3.11. The Morgan fingerprint density at radius 1 is 1.46 bits per heavy atom. The zero-order chi connectivity index (χ0) is 9.84. The van der Waals surface area contributed by atoms with Gasteiger partial charge in [-0.25, -0.2) is 0 Å². The first kappa shape index (κ1) is 9.67. The topological polar surface area (TPSA) is 9.23 Å². The SMILES string of the molecule is C#CC(C)c1ccc(OC)cc1C. The summed E-state index contributed by atoms with van der Waals surface area (Å²) >= 11 is 0. The van der Waals surface area contributed by atoms with E-state index in [1.54, 1.807) is 7.11 Å². The van der Waals surface area contributed by atoms with Crippen molar-refractivity contribution in [1.29, 1.82) is 0 Å². The van der Waals surface area contributed by atoms with Gasteiger partial charge in [-0.3, -0.25) is 0 Å². The van der Waals surface area contributed by atoms with Gasteiger partial charge in [0.25, 0.3) is 0 Å². The van der Waals surface area contributed by atoms with Crippen molar-refractivity contribution in [1.82, 2.24) is 0 Å². The third-order valence-electron chi connectivity index (χ3n) is 2.19. The molecule has 1 heteroatoms. The van der Waals surface area contributed by atoms with Crippen LogP contribution in [0.2, 0.25) is 0 Å². The first-order chi connectivity index (χ1) is 6.19. The van der Waals surface area contributed by atoms with Gasteiger partial charge in [0.15, 0.2) is 0 Å².